The van der Waals surface area contributed by atoms with Crippen LogP contribution in [0.25, 0.3) is 22.0 Å². The van der Waals surface area contributed by atoms with Crippen molar-refractivity contribution in [3.05, 3.63) is 59.8 Å². The third-order valence-electron chi connectivity index (χ3n) is 6.65. The highest BCUT2D eigenvalue weighted by atomic mass is 16.2. The Kier molecular flexibility index (Phi) is 5.38. The molecule has 5 rings (SSSR count). The average Bonchev–Trinajstić information content (AvgIpc) is 3.34. The van der Waals surface area contributed by atoms with Gasteiger partial charge in [-0.2, -0.15) is 5.10 Å². The number of benzene rings is 2. The summed E-state index contributed by atoms with van der Waals surface area (Å²) in [6, 6.07) is 10.6. The van der Waals surface area contributed by atoms with Crippen LogP contribution in [0.1, 0.15) is 28.8 Å². The van der Waals surface area contributed by atoms with Gasteiger partial charge in [-0.3, -0.25) is 14.3 Å². The average molecular weight is 445 g/mol. The van der Waals surface area contributed by atoms with Crippen molar-refractivity contribution < 1.29 is 9.59 Å². The molecule has 0 aliphatic carbocycles. The molecule has 8 heteroatoms. The lowest BCUT2D eigenvalue weighted by atomic mass is 9.94. The van der Waals surface area contributed by atoms with E-state index < -0.39 is 5.91 Å². The smallest absolute Gasteiger partial charge is 0.256 e. The SMILES string of the molecule is C=C(CN1Cc2c(-c3ccc4cnn(C)c4c3)ccc(NC3CCNCC3)c2C1=O)C(N)=O. The second-order valence-corrected chi connectivity index (χ2v) is 8.85. The summed E-state index contributed by atoms with van der Waals surface area (Å²) in [6.07, 6.45) is 3.85. The molecule has 1 fully saturated rings. The quantitative estimate of drug-likeness (QED) is 0.507. The molecule has 3 aromatic rings. The van der Waals surface area contributed by atoms with Crippen molar-refractivity contribution in [2.45, 2.75) is 25.4 Å². The topological polar surface area (TPSA) is 105 Å². The van der Waals surface area contributed by atoms with Crippen LogP contribution in [0, 0.1) is 0 Å². The molecule has 3 heterocycles. The molecular weight excluding hydrogens is 416 g/mol. The number of carbonyl (C=O) groups is 2. The first-order chi connectivity index (χ1) is 15.9. The maximum Gasteiger partial charge on any atom is 0.256 e. The summed E-state index contributed by atoms with van der Waals surface area (Å²) in [7, 11) is 1.92. The maximum absolute atomic E-state index is 13.5. The summed E-state index contributed by atoms with van der Waals surface area (Å²) in [5.41, 5.74) is 11.2. The second kappa shape index (κ2) is 8.37. The Morgan fingerprint density at radius 1 is 1.27 bits per heavy atom. The second-order valence-electron chi connectivity index (χ2n) is 8.85. The molecule has 0 saturated carbocycles. The minimum Gasteiger partial charge on any atom is -0.382 e. The van der Waals surface area contributed by atoms with Crippen molar-refractivity contribution in [2.75, 3.05) is 25.0 Å². The number of piperidine rings is 1. The van der Waals surface area contributed by atoms with E-state index in [0.717, 1.165) is 59.2 Å². The van der Waals surface area contributed by atoms with E-state index in [1.165, 1.54) is 0 Å². The summed E-state index contributed by atoms with van der Waals surface area (Å²) in [6.45, 7) is 6.19. The number of aryl methyl sites for hydroxylation is 1. The van der Waals surface area contributed by atoms with E-state index in [1.807, 2.05) is 24.0 Å². The van der Waals surface area contributed by atoms with Gasteiger partial charge in [0.2, 0.25) is 5.91 Å². The Morgan fingerprint density at radius 2 is 2.06 bits per heavy atom. The van der Waals surface area contributed by atoms with Crippen LogP contribution in [0.5, 0.6) is 0 Å². The van der Waals surface area contributed by atoms with E-state index in [1.54, 1.807) is 4.90 Å². The van der Waals surface area contributed by atoms with Crippen LogP contribution < -0.4 is 16.4 Å². The predicted molar refractivity (Wildman–Crippen MR) is 129 cm³/mol. The molecule has 0 spiro atoms. The Bertz CT molecular complexity index is 1270. The van der Waals surface area contributed by atoms with E-state index in [2.05, 4.69) is 46.6 Å². The summed E-state index contributed by atoms with van der Waals surface area (Å²) < 4.78 is 1.85. The van der Waals surface area contributed by atoms with E-state index >= 15 is 0 Å². The number of amides is 2. The van der Waals surface area contributed by atoms with Crippen LogP contribution in [-0.2, 0) is 18.4 Å². The number of rotatable bonds is 6. The van der Waals surface area contributed by atoms with Gasteiger partial charge in [0, 0.05) is 36.3 Å². The Balaban J connectivity index is 1.57. The van der Waals surface area contributed by atoms with Crippen molar-refractivity contribution in [3.8, 4) is 11.1 Å². The van der Waals surface area contributed by atoms with Crippen LogP contribution in [0.15, 0.2) is 48.7 Å². The normalized spacial score (nSPS) is 16.3. The molecule has 2 aromatic carbocycles. The van der Waals surface area contributed by atoms with Gasteiger partial charge in [0.25, 0.3) is 5.91 Å². The fourth-order valence-corrected chi connectivity index (χ4v) is 4.80. The van der Waals surface area contributed by atoms with Gasteiger partial charge in [-0.15, -0.1) is 0 Å². The lowest BCUT2D eigenvalue weighted by Crippen LogP contribution is -2.36. The van der Waals surface area contributed by atoms with Gasteiger partial charge in [-0.25, -0.2) is 0 Å². The lowest BCUT2D eigenvalue weighted by Gasteiger charge is -2.26. The van der Waals surface area contributed by atoms with Gasteiger partial charge in [0.1, 0.15) is 0 Å². The molecule has 33 heavy (non-hydrogen) atoms. The summed E-state index contributed by atoms with van der Waals surface area (Å²) in [5, 5.41) is 12.4. The van der Waals surface area contributed by atoms with Gasteiger partial charge in [0.15, 0.2) is 0 Å². The Labute approximate surface area is 192 Å². The standard InChI is InChI=1S/C25H28N6O2/c1-15(24(26)32)13-31-14-20-19(16-3-4-17-12-28-30(2)22(17)11-16)5-6-21(23(20)25(31)33)29-18-7-9-27-10-8-18/h3-6,11-12,18,27,29H,1,7-10,13-14H2,2H3,(H2,26,32). The maximum atomic E-state index is 13.5. The van der Waals surface area contributed by atoms with Crippen LogP contribution in [0.4, 0.5) is 5.69 Å². The first kappa shape index (κ1) is 21.2. The first-order valence-corrected chi connectivity index (χ1v) is 11.2. The molecule has 0 bridgehead atoms. The van der Waals surface area contributed by atoms with E-state index in [9.17, 15) is 9.59 Å². The molecule has 0 unspecified atom stereocenters. The van der Waals surface area contributed by atoms with Gasteiger partial charge in [-0.1, -0.05) is 24.8 Å². The minimum absolute atomic E-state index is 0.104. The van der Waals surface area contributed by atoms with Crippen molar-refractivity contribution in [2.24, 2.45) is 12.8 Å². The van der Waals surface area contributed by atoms with E-state index in [0.29, 0.717) is 18.2 Å². The number of carbonyl (C=O) groups excluding carboxylic acids is 2. The fourth-order valence-electron chi connectivity index (χ4n) is 4.80. The van der Waals surface area contributed by atoms with Gasteiger partial charge in [0.05, 0.1) is 23.8 Å². The van der Waals surface area contributed by atoms with Crippen molar-refractivity contribution in [3.63, 3.8) is 0 Å². The highest BCUT2D eigenvalue weighted by Crippen LogP contribution is 2.38. The van der Waals surface area contributed by atoms with Crippen molar-refractivity contribution in [1.82, 2.24) is 20.0 Å². The van der Waals surface area contributed by atoms with Crippen LogP contribution >= 0.6 is 0 Å². The molecule has 2 aliphatic heterocycles. The number of hydrogen-bond acceptors (Lipinski definition) is 5. The monoisotopic (exact) mass is 444 g/mol. The van der Waals surface area contributed by atoms with Crippen LogP contribution in [0.3, 0.4) is 0 Å². The highest BCUT2D eigenvalue weighted by Gasteiger charge is 2.33. The molecule has 0 radical (unpaired) electrons. The number of fused-ring (bicyclic) bond motifs is 2. The van der Waals surface area contributed by atoms with E-state index in [-0.39, 0.29) is 18.0 Å². The highest BCUT2D eigenvalue weighted by molar-refractivity contribution is 6.06. The van der Waals surface area contributed by atoms with Crippen LogP contribution in [-0.4, -0.2) is 52.2 Å². The molecule has 2 amide bonds. The molecule has 1 aromatic heterocycles. The molecule has 8 nitrogen and oxygen atoms in total. The zero-order valence-corrected chi connectivity index (χ0v) is 18.7. The summed E-state index contributed by atoms with van der Waals surface area (Å²) >= 11 is 0. The number of nitrogens with one attached hydrogen (secondary N) is 2. The van der Waals surface area contributed by atoms with Crippen LogP contribution in [0.2, 0.25) is 0 Å². The number of hydrogen-bond donors (Lipinski definition) is 3. The summed E-state index contributed by atoms with van der Waals surface area (Å²) in [4.78, 5) is 26.7. The number of nitrogens with two attached hydrogens (primary N) is 1. The zero-order valence-electron chi connectivity index (χ0n) is 18.7. The number of nitrogens with zero attached hydrogens (tertiary/aromatic N) is 3. The Morgan fingerprint density at radius 3 is 2.82 bits per heavy atom. The predicted octanol–water partition coefficient (Wildman–Crippen LogP) is 2.40. The molecule has 2 aliphatic rings. The van der Waals surface area contributed by atoms with Gasteiger partial charge in [-0.05, 0) is 54.8 Å². The molecule has 0 atom stereocenters. The lowest BCUT2D eigenvalue weighted by molar-refractivity contribution is -0.114. The zero-order chi connectivity index (χ0) is 23.1. The molecule has 170 valence electrons. The minimum atomic E-state index is -0.589. The van der Waals surface area contributed by atoms with Gasteiger partial charge < -0.3 is 21.3 Å². The van der Waals surface area contributed by atoms with Crippen molar-refractivity contribution >= 4 is 28.4 Å². The van der Waals surface area contributed by atoms with Crippen molar-refractivity contribution in [1.29, 1.82) is 0 Å². The Hall–Kier alpha value is -3.65. The largest absolute Gasteiger partial charge is 0.382 e. The fraction of sp³-hybridized carbons (Fsp3) is 0.320. The third-order valence-corrected chi connectivity index (χ3v) is 6.65. The van der Waals surface area contributed by atoms with E-state index in [4.69, 9.17) is 5.73 Å². The first-order valence-electron chi connectivity index (χ1n) is 11.2. The molecule has 1 saturated heterocycles. The number of primary amides is 1. The molecule has 4 N–H and O–H groups in total. The van der Waals surface area contributed by atoms with Gasteiger partial charge >= 0.3 is 0 Å². The summed E-state index contributed by atoms with van der Waals surface area (Å²) in [5.74, 6) is -0.694. The number of aromatic nitrogens is 2. The number of anilines is 1. The molecular formula is C25H28N6O2. The third kappa shape index (κ3) is 3.87.